The number of ether oxygens (including phenoxy) is 1. The van der Waals surface area contributed by atoms with Gasteiger partial charge in [0.05, 0.1) is 12.5 Å². The summed E-state index contributed by atoms with van der Waals surface area (Å²) >= 11 is 0. The number of benzene rings is 1. The predicted molar refractivity (Wildman–Crippen MR) is 79.3 cm³/mol. The Kier molecular flexibility index (Phi) is 6.64. The largest absolute Gasteiger partial charge is 0.492 e. The molecular weight excluding hydrogens is 274 g/mol. The molecule has 7 nitrogen and oxygen atoms in total. The molecule has 1 atom stereocenters. The van der Waals surface area contributed by atoms with E-state index in [4.69, 9.17) is 15.6 Å². The highest BCUT2D eigenvalue weighted by Gasteiger charge is 2.16. The van der Waals surface area contributed by atoms with Crippen LogP contribution in [-0.2, 0) is 9.59 Å². The van der Waals surface area contributed by atoms with Crippen molar-refractivity contribution in [1.29, 1.82) is 0 Å². The molecule has 1 aromatic rings. The molecule has 116 valence electrons. The second-order valence-electron chi connectivity index (χ2n) is 4.87. The Morgan fingerprint density at radius 2 is 1.95 bits per heavy atom. The fraction of sp³-hybridized carbons (Fsp3) is 0.429. The Hall–Kier alpha value is -2.12. The number of carbonyl (C=O) groups is 2. The number of amides is 1. The van der Waals surface area contributed by atoms with Crippen LogP contribution in [0.3, 0.4) is 0 Å². The molecule has 7 heteroatoms. The quantitative estimate of drug-likeness (QED) is 0.640. The van der Waals surface area contributed by atoms with Crippen LogP contribution in [0, 0.1) is 0 Å². The van der Waals surface area contributed by atoms with Crippen LogP contribution in [0.15, 0.2) is 24.3 Å². The van der Waals surface area contributed by atoms with Gasteiger partial charge in [0.25, 0.3) is 0 Å². The molecule has 4 N–H and O–H groups in total. The van der Waals surface area contributed by atoms with Crippen molar-refractivity contribution in [2.75, 3.05) is 32.6 Å². The smallest absolute Gasteiger partial charge is 0.305 e. The van der Waals surface area contributed by atoms with Crippen molar-refractivity contribution in [1.82, 2.24) is 4.90 Å². The van der Waals surface area contributed by atoms with Crippen LogP contribution < -0.4 is 15.8 Å². The van der Waals surface area contributed by atoms with Gasteiger partial charge in [-0.05, 0) is 38.4 Å². The predicted octanol–water partition coefficient (Wildman–Crippen LogP) is 0.368. The molecule has 1 aromatic carbocycles. The summed E-state index contributed by atoms with van der Waals surface area (Å²) in [6.07, 6.45) is -0.405. The van der Waals surface area contributed by atoms with Crippen LogP contribution in [0.5, 0.6) is 5.75 Å². The van der Waals surface area contributed by atoms with Gasteiger partial charge < -0.3 is 25.8 Å². The minimum absolute atomic E-state index is 0.405. The van der Waals surface area contributed by atoms with E-state index in [1.807, 2.05) is 19.0 Å². The third kappa shape index (κ3) is 6.73. The van der Waals surface area contributed by atoms with Crippen molar-refractivity contribution >= 4 is 17.6 Å². The SMILES string of the molecule is CN(C)CCOc1ccc(NC(=O)C(N)CC(=O)O)cc1. The second-order valence-corrected chi connectivity index (χ2v) is 4.87. The third-order valence-corrected chi connectivity index (χ3v) is 2.66. The lowest BCUT2D eigenvalue weighted by Gasteiger charge is -2.12. The van der Waals surface area contributed by atoms with E-state index < -0.39 is 24.3 Å². The molecule has 0 spiro atoms. The topological polar surface area (TPSA) is 105 Å². The summed E-state index contributed by atoms with van der Waals surface area (Å²) in [5.41, 5.74) is 6.01. The molecule has 0 aromatic heterocycles. The van der Waals surface area contributed by atoms with E-state index in [0.29, 0.717) is 18.0 Å². The Morgan fingerprint density at radius 1 is 1.33 bits per heavy atom. The fourth-order valence-electron chi connectivity index (χ4n) is 1.50. The lowest BCUT2D eigenvalue weighted by Crippen LogP contribution is -2.37. The first-order valence-corrected chi connectivity index (χ1v) is 6.54. The summed E-state index contributed by atoms with van der Waals surface area (Å²) in [5, 5.41) is 11.1. The number of carboxylic acids is 1. The van der Waals surface area contributed by atoms with E-state index in [-0.39, 0.29) is 0 Å². The highest BCUT2D eigenvalue weighted by molar-refractivity contribution is 5.96. The Balaban J connectivity index is 2.46. The molecule has 0 aliphatic heterocycles. The molecule has 1 unspecified atom stereocenters. The number of aliphatic carboxylic acids is 1. The first-order valence-electron chi connectivity index (χ1n) is 6.54. The van der Waals surface area contributed by atoms with Gasteiger partial charge in [-0.3, -0.25) is 9.59 Å². The van der Waals surface area contributed by atoms with Crippen LogP contribution in [0.25, 0.3) is 0 Å². The van der Waals surface area contributed by atoms with Gasteiger partial charge in [-0.15, -0.1) is 0 Å². The summed E-state index contributed by atoms with van der Waals surface area (Å²) in [7, 11) is 3.92. The average molecular weight is 295 g/mol. The Bertz CT molecular complexity index is 474. The van der Waals surface area contributed by atoms with Gasteiger partial charge in [0.15, 0.2) is 0 Å². The number of carboxylic acid groups (broad SMARTS) is 1. The van der Waals surface area contributed by atoms with Crippen molar-refractivity contribution in [3.8, 4) is 5.75 Å². The molecule has 0 saturated heterocycles. The maximum Gasteiger partial charge on any atom is 0.305 e. The number of nitrogens with zero attached hydrogens (tertiary/aromatic N) is 1. The van der Waals surface area contributed by atoms with E-state index in [2.05, 4.69) is 5.32 Å². The van der Waals surface area contributed by atoms with Gasteiger partial charge in [0.1, 0.15) is 12.4 Å². The average Bonchev–Trinajstić information content (AvgIpc) is 2.39. The van der Waals surface area contributed by atoms with Gasteiger partial charge in [-0.2, -0.15) is 0 Å². The minimum atomic E-state index is -1.11. The van der Waals surface area contributed by atoms with Crippen LogP contribution in [0.2, 0.25) is 0 Å². The molecule has 0 fully saturated rings. The molecule has 0 aliphatic rings. The molecule has 0 radical (unpaired) electrons. The van der Waals surface area contributed by atoms with E-state index in [9.17, 15) is 9.59 Å². The molecule has 21 heavy (non-hydrogen) atoms. The summed E-state index contributed by atoms with van der Waals surface area (Å²) in [5.74, 6) is -0.939. The molecular formula is C14H21N3O4. The summed E-state index contributed by atoms with van der Waals surface area (Å²) in [4.78, 5) is 24.1. The molecule has 0 heterocycles. The molecule has 0 saturated carbocycles. The van der Waals surface area contributed by atoms with Crippen LogP contribution in [0.4, 0.5) is 5.69 Å². The molecule has 0 aliphatic carbocycles. The highest BCUT2D eigenvalue weighted by Crippen LogP contribution is 2.15. The van der Waals surface area contributed by atoms with Crippen molar-refractivity contribution in [2.24, 2.45) is 5.73 Å². The lowest BCUT2D eigenvalue weighted by atomic mass is 10.2. The van der Waals surface area contributed by atoms with Gasteiger partial charge in [-0.25, -0.2) is 0 Å². The maximum absolute atomic E-state index is 11.6. The molecule has 1 rings (SSSR count). The number of carbonyl (C=O) groups excluding carboxylic acids is 1. The zero-order chi connectivity index (χ0) is 15.8. The van der Waals surface area contributed by atoms with E-state index >= 15 is 0 Å². The van der Waals surface area contributed by atoms with Gasteiger partial charge in [-0.1, -0.05) is 0 Å². The second kappa shape index (κ2) is 8.23. The first kappa shape index (κ1) is 16.9. The maximum atomic E-state index is 11.6. The van der Waals surface area contributed by atoms with E-state index in [1.165, 1.54) is 0 Å². The summed E-state index contributed by atoms with van der Waals surface area (Å²) < 4.78 is 5.52. The van der Waals surface area contributed by atoms with E-state index in [1.54, 1.807) is 24.3 Å². The van der Waals surface area contributed by atoms with Gasteiger partial charge in [0, 0.05) is 12.2 Å². The fourth-order valence-corrected chi connectivity index (χ4v) is 1.50. The third-order valence-electron chi connectivity index (χ3n) is 2.66. The lowest BCUT2D eigenvalue weighted by molar-refractivity contribution is -0.138. The molecule has 0 bridgehead atoms. The van der Waals surface area contributed by atoms with Crippen LogP contribution in [0.1, 0.15) is 6.42 Å². The number of hydrogen-bond donors (Lipinski definition) is 3. The standard InChI is InChI=1S/C14H21N3O4/c1-17(2)7-8-21-11-5-3-10(4-6-11)16-14(20)12(15)9-13(18)19/h3-6,12H,7-9,15H2,1-2H3,(H,16,20)(H,18,19). The number of rotatable bonds is 8. The highest BCUT2D eigenvalue weighted by atomic mass is 16.5. The van der Waals surface area contributed by atoms with Gasteiger partial charge >= 0.3 is 5.97 Å². The van der Waals surface area contributed by atoms with Crippen molar-refractivity contribution < 1.29 is 19.4 Å². The monoisotopic (exact) mass is 295 g/mol. The van der Waals surface area contributed by atoms with E-state index in [0.717, 1.165) is 6.54 Å². The normalized spacial score (nSPS) is 12.0. The number of likely N-dealkylation sites (N-methyl/N-ethyl adjacent to an activating group) is 1. The van der Waals surface area contributed by atoms with Crippen molar-refractivity contribution in [3.63, 3.8) is 0 Å². The van der Waals surface area contributed by atoms with Crippen LogP contribution >= 0.6 is 0 Å². The van der Waals surface area contributed by atoms with Crippen molar-refractivity contribution in [2.45, 2.75) is 12.5 Å². The Labute approximate surface area is 123 Å². The van der Waals surface area contributed by atoms with Crippen molar-refractivity contribution in [3.05, 3.63) is 24.3 Å². The summed E-state index contributed by atoms with van der Waals surface area (Å²) in [6, 6.07) is 5.74. The number of hydrogen-bond acceptors (Lipinski definition) is 5. The van der Waals surface area contributed by atoms with Gasteiger partial charge in [0.2, 0.25) is 5.91 Å². The zero-order valence-corrected chi connectivity index (χ0v) is 12.2. The summed E-state index contributed by atoms with van der Waals surface area (Å²) in [6.45, 7) is 1.38. The first-order chi connectivity index (χ1) is 9.88. The number of nitrogens with one attached hydrogen (secondary N) is 1. The minimum Gasteiger partial charge on any atom is -0.492 e. The Morgan fingerprint density at radius 3 is 2.48 bits per heavy atom. The molecule has 1 amide bonds. The van der Waals surface area contributed by atoms with Crippen LogP contribution in [-0.4, -0.2) is 55.2 Å². The number of nitrogens with two attached hydrogens (primary N) is 1. The number of anilines is 1. The zero-order valence-electron chi connectivity index (χ0n) is 12.2.